The Kier molecular flexibility index (Phi) is 6.83. The molecule has 0 amide bonds. The Labute approximate surface area is 160 Å². The van der Waals surface area contributed by atoms with E-state index in [9.17, 15) is 9.18 Å². The second-order valence-electron chi connectivity index (χ2n) is 7.26. The number of nitrogens with two attached hydrogens (primary N) is 1. The number of rotatable bonds is 7. The maximum Gasteiger partial charge on any atom is 0.333 e. The first-order chi connectivity index (χ1) is 12.7. The van der Waals surface area contributed by atoms with Crippen molar-refractivity contribution in [3.05, 3.63) is 58.9 Å². The Hall–Kier alpha value is -2.56. The third-order valence-corrected chi connectivity index (χ3v) is 4.52. The van der Waals surface area contributed by atoms with Gasteiger partial charge in [-0.2, -0.15) is 0 Å². The van der Waals surface area contributed by atoms with E-state index in [1.165, 1.54) is 12.1 Å². The molecule has 146 valence electrons. The summed E-state index contributed by atoms with van der Waals surface area (Å²) in [6.45, 7) is 10.4. The van der Waals surface area contributed by atoms with Crippen LogP contribution in [0.5, 0.6) is 0 Å². The van der Waals surface area contributed by atoms with Gasteiger partial charge in [0.15, 0.2) is 6.04 Å². The first kappa shape index (κ1) is 20.7. The van der Waals surface area contributed by atoms with E-state index >= 15 is 0 Å². The highest BCUT2D eigenvalue weighted by molar-refractivity contribution is 5.82. The molecule has 0 aliphatic heterocycles. The van der Waals surface area contributed by atoms with E-state index < -0.39 is 6.04 Å². The third-order valence-electron chi connectivity index (χ3n) is 4.52. The number of carbonyl (C=O) groups excluding carboxylic acids is 1. The molecule has 2 aromatic rings. The highest BCUT2D eigenvalue weighted by atomic mass is 19.1. The van der Waals surface area contributed by atoms with Gasteiger partial charge in [0, 0.05) is 11.4 Å². The van der Waals surface area contributed by atoms with Gasteiger partial charge in [-0.3, -0.25) is 0 Å². The molecule has 1 atom stereocenters. The van der Waals surface area contributed by atoms with Gasteiger partial charge in [-0.05, 0) is 59.7 Å². The number of halogens is 1. The molecule has 0 aromatic heterocycles. The maximum atomic E-state index is 13.2. The van der Waals surface area contributed by atoms with Crippen LogP contribution in [0.2, 0.25) is 0 Å². The van der Waals surface area contributed by atoms with Crippen LogP contribution in [0, 0.1) is 5.82 Å². The average Bonchev–Trinajstić information content (AvgIpc) is 2.61. The lowest BCUT2D eigenvalue weighted by Gasteiger charge is -2.24. The Morgan fingerprint density at radius 1 is 1.07 bits per heavy atom. The van der Waals surface area contributed by atoms with Gasteiger partial charge in [-0.1, -0.05) is 39.8 Å². The second kappa shape index (κ2) is 8.89. The zero-order chi connectivity index (χ0) is 20.1. The molecule has 27 heavy (non-hydrogen) atoms. The van der Waals surface area contributed by atoms with Crippen LogP contribution in [-0.2, 0) is 9.53 Å². The van der Waals surface area contributed by atoms with Crippen molar-refractivity contribution < 1.29 is 13.9 Å². The number of carbonyl (C=O) groups is 1. The topological polar surface area (TPSA) is 64.3 Å². The van der Waals surface area contributed by atoms with Crippen LogP contribution in [0.15, 0.2) is 36.4 Å². The maximum absolute atomic E-state index is 13.2. The first-order valence-electron chi connectivity index (χ1n) is 9.36. The van der Waals surface area contributed by atoms with E-state index in [0.717, 1.165) is 22.4 Å². The SMILES string of the molecule is CCOC(=O)C(Nc1ccc(F)cc1)c1cc(C(C)C)c(N)c(C(C)C)c1. The van der Waals surface area contributed by atoms with E-state index in [1.807, 2.05) is 12.1 Å². The molecule has 0 saturated heterocycles. The molecule has 0 aliphatic rings. The molecule has 1 unspecified atom stereocenters. The van der Waals surface area contributed by atoms with Gasteiger partial charge < -0.3 is 15.8 Å². The Bertz CT molecular complexity index is 756. The van der Waals surface area contributed by atoms with Crippen molar-refractivity contribution in [3.63, 3.8) is 0 Å². The number of hydrogen-bond donors (Lipinski definition) is 2. The summed E-state index contributed by atoms with van der Waals surface area (Å²) < 4.78 is 18.5. The van der Waals surface area contributed by atoms with Crippen molar-refractivity contribution in [1.29, 1.82) is 0 Å². The van der Waals surface area contributed by atoms with Crippen molar-refractivity contribution in [3.8, 4) is 0 Å². The van der Waals surface area contributed by atoms with E-state index in [2.05, 4.69) is 33.0 Å². The van der Waals surface area contributed by atoms with E-state index in [0.29, 0.717) is 5.69 Å². The van der Waals surface area contributed by atoms with E-state index in [1.54, 1.807) is 19.1 Å². The van der Waals surface area contributed by atoms with Crippen molar-refractivity contribution in [2.45, 2.75) is 52.5 Å². The van der Waals surface area contributed by atoms with Gasteiger partial charge in [0.25, 0.3) is 0 Å². The zero-order valence-corrected chi connectivity index (χ0v) is 16.7. The lowest BCUT2D eigenvalue weighted by molar-refractivity contribution is -0.144. The fraction of sp³-hybridized carbons (Fsp3) is 0.409. The molecule has 0 spiro atoms. The molecule has 2 rings (SSSR count). The monoisotopic (exact) mass is 372 g/mol. The van der Waals surface area contributed by atoms with Crippen LogP contribution >= 0.6 is 0 Å². The van der Waals surface area contributed by atoms with Crippen LogP contribution in [0.25, 0.3) is 0 Å². The first-order valence-corrected chi connectivity index (χ1v) is 9.36. The van der Waals surface area contributed by atoms with Gasteiger partial charge in [0.1, 0.15) is 5.82 Å². The largest absolute Gasteiger partial charge is 0.464 e. The second-order valence-corrected chi connectivity index (χ2v) is 7.26. The summed E-state index contributed by atoms with van der Waals surface area (Å²) in [4.78, 5) is 12.7. The summed E-state index contributed by atoms with van der Waals surface area (Å²) in [6, 6.07) is 9.13. The van der Waals surface area contributed by atoms with E-state index in [4.69, 9.17) is 10.5 Å². The summed E-state index contributed by atoms with van der Waals surface area (Å²) in [5, 5.41) is 3.18. The summed E-state index contributed by atoms with van der Waals surface area (Å²) in [6.07, 6.45) is 0. The van der Waals surface area contributed by atoms with Crippen molar-refractivity contribution in [1.82, 2.24) is 0 Å². The lowest BCUT2D eigenvalue weighted by Crippen LogP contribution is -2.24. The van der Waals surface area contributed by atoms with Gasteiger partial charge in [-0.25, -0.2) is 9.18 Å². The van der Waals surface area contributed by atoms with E-state index in [-0.39, 0.29) is 30.2 Å². The summed E-state index contributed by atoms with van der Waals surface area (Å²) >= 11 is 0. The number of ether oxygens (including phenoxy) is 1. The molecule has 0 heterocycles. The molecular formula is C22H29FN2O2. The number of nitrogen functional groups attached to an aromatic ring is 1. The smallest absolute Gasteiger partial charge is 0.333 e. The van der Waals surface area contributed by atoms with Crippen LogP contribution in [0.4, 0.5) is 15.8 Å². The fourth-order valence-corrected chi connectivity index (χ4v) is 3.06. The van der Waals surface area contributed by atoms with Gasteiger partial charge in [-0.15, -0.1) is 0 Å². The quantitative estimate of drug-likeness (QED) is 0.506. The summed E-state index contributed by atoms with van der Waals surface area (Å²) in [5.74, 6) is -0.270. The predicted octanol–water partition coefficient (Wildman–Crippen LogP) is 5.37. The molecule has 3 N–H and O–H groups in total. The van der Waals surface area contributed by atoms with Gasteiger partial charge in [0.2, 0.25) is 0 Å². The lowest BCUT2D eigenvalue weighted by atomic mass is 9.88. The highest BCUT2D eigenvalue weighted by Gasteiger charge is 2.25. The van der Waals surface area contributed by atoms with Gasteiger partial charge in [0.05, 0.1) is 6.61 Å². The molecule has 2 aromatic carbocycles. The molecular weight excluding hydrogens is 343 g/mol. The summed E-state index contributed by atoms with van der Waals surface area (Å²) in [7, 11) is 0. The number of esters is 1. The fourth-order valence-electron chi connectivity index (χ4n) is 3.06. The number of nitrogens with one attached hydrogen (secondary N) is 1. The van der Waals surface area contributed by atoms with Crippen LogP contribution in [-0.4, -0.2) is 12.6 Å². The zero-order valence-electron chi connectivity index (χ0n) is 16.7. The van der Waals surface area contributed by atoms with Crippen molar-refractivity contribution in [2.24, 2.45) is 0 Å². The number of benzene rings is 2. The molecule has 0 saturated carbocycles. The minimum atomic E-state index is -0.703. The van der Waals surface area contributed by atoms with Crippen LogP contribution < -0.4 is 11.1 Å². The summed E-state index contributed by atoms with van der Waals surface area (Å²) in [5.41, 5.74) is 10.6. The Balaban J connectivity index is 2.53. The molecule has 0 bridgehead atoms. The molecule has 0 aliphatic carbocycles. The van der Waals surface area contributed by atoms with Crippen LogP contribution in [0.1, 0.15) is 69.2 Å². The Morgan fingerprint density at radius 2 is 1.59 bits per heavy atom. The molecule has 0 fully saturated rings. The van der Waals surface area contributed by atoms with Crippen molar-refractivity contribution >= 4 is 17.3 Å². The number of anilines is 2. The highest BCUT2D eigenvalue weighted by Crippen LogP contribution is 2.34. The average molecular weight is 372 g/mol. The normalized spacial score (nSPS) is 12.3. The van der Waals surface area contributed by atoms with Gasteiger partial charge >= 0.3 is 5.97 Å². The molecule has 0 radical (unpaired) electrons. The van der Waals surface area contributed by atoms with Crippen LogP contribution in [0.3, 0.4) is 0 Å². The number of hydrogen-bond acceptors (Lipinski definition) is 4. The minimum Gasteiger partial charge on any atom is -0.464 e. The standard InChI is InChI=1S/C22H29FN2O2/c1-6-27-22(26)21(25-17-9-7-16(23)8-10-17)15-11-18(13(2)3)20(24)19(12-15)14(4)5/h7-14,21,25H,6,24H2,1-5H3. The molecule has 4 nitrogen and oxygen atoms in total. The van der Waals surface area contributed by atoms with Crippen molar-refractivity contribution in [2.75, 3.05) is 17.7 Å². The molecule has 5 heteroatoms. The Morgan fingerprint density at radius 3 is 2.04 bits per heavy atom. The predicted molar refractivity (Wildman–Crippen MR) is 108 cm³/mol. The minimum absolute atomic E-state index is 0.219. The third kappa shape index (κ3) is 5.00.